The Kier molecular flexibility index (Phi) is 10.3. The molecule has 2 amide bonds. The molecule has 0 saturated heterocycles. The average molecular weight is 572 g/mol. The number of benzene rings is 3. The molecule has 2 N–H and O–H groups in total. The predicted octanol–water partition coefficient (Wildman–Crippen LogP) is 3.97. The van der Waals surface area contributed by atoms with Crippen molar-refractivity contribution in [3.8, 4) is 0 Å². The Labute approximate surface area is 245 Å². The number of hydrogen-bond donors (Lipinski definition) is 2. The van der Waals surface area contributed by atoms with Gasteiger partial charge in [0.15, 0.2) is 0 Å². The molecule has 1 aromatic heterocycles. The number of carbonyl (C=O) groups is 2. The molecule has 0 fully saturated rings. The molecule has 0 bridgehead atoms. The summed E-state index contributed by atoms with van der Waals surface area (Å²) in [5, 5.41) is 6.11. The number of aromatic nitrogens is 1. The third-order valence-corrected chi connectivity index (χ3v) is 6.88. The zero-order valence-electron chi connectivity index (χ0n) is 24.4. The van der Waals surface area contributed by atoms with Crippen LogP contribution < -0.4 is 16.3 Å². The van der Waals surface area contributed by atoms with Gasteiger partial charge in [-0.05, 0) is 49.3 Å². The highest BCUT2D eigenvalue weighted by atomic mass is 16.5. The molecule has 0 radical (unpaired) electrons. The minimum absolute atomic E-state index is 0.0374. The second kappa shape index (κ2) is 14.3. The van der Waals surface area contributed by atoms with E-state index in [1.807, 2.05) is 79.7 Å². The van der Waals surface area contributed by atoms with Gasteiger partial charge < -0.3 is 29.6 Å². The van der Waals surface area contributed by atoms with E-state index in [1.165, 1.54) is 0 Å². The van der Waals surface area contributed by atoms with Crippen LogP contribution in [0.4, 0.5) is 10.8 Å². The number of alkyl carbamates (subject to hydrolysis) is 1. The minimum Gasteiger partial charge on any atom is -0.448 e. The number of likely N-dealkylation sites (N-methyl/N-ethyl adjacent to an activating group) is 2. The van der Waals surface area contributed by atoms with E-state index in [0.29, 0.717) is 36.0 Å². The molecule has 0 saturated carbocycles. The van der Waals surface area contributed by atoms with Gasteiger partial charge in [-0.15, -0.1) is 0 Å². The van der Waals surface area contributed by atoms with Crippen LogP contribution in [-0.4, -0.2) is 67.1 Å². The van der Waals surface area contributed by atoms with Crippen LogP contribution in [0.2, 0.25) is 0 Å². The van der Waals surface area contributed by atoms with E-state index in [-0.39, 0.29) is 25.1 Å². The van der Waals surface area contributed by atoms with Gasteiger partial charge in [-0.25, -0.2) is 9.59 Å². The molecule has 1 heterocycles. The fraction of sp³-hybridized carbons (Fsp3) is 0.312. The molecule has 0 spiro atoms. The summed E-state index contributed by atoms with van der Waals surface area (Å²) in [5.74, 6) is -0.165. The molecule has 0 aliphatic carbocycles. The number of nitrogens with one attached hydrogen (secondary N) is 2. The number of carbonyl (C=O) groups excluding carboxylic acids is 2. The van der Waals surface area contributed by atoms with Gasteiger partial charge in [0, 0.05) is 33.1 Å². The normalized spacial score (nSPS) is 11.7. The van der Waals surface area contributed by atoms with Gasteiger partial charge in [0.1, 0.15) is 12.6 Å². The Hall–Kier alpha value is -4.70. The highest BCUT2D eigenvalue weighted by Crippen LogP contribution is 2.20. The maximum atomic E-state index is 13.6. The van der Waals surface area contributed by atoms with Gasteiger partial charge in [-0.1, -0.05) is 66.7 Å². The van der Waals surface area contributed by atoms with Gasteiger partial charge in [0.05, 0.1) is 10.9 Å². The van der Waals surface area contributed by atoms with Crippen molar-refractivity contribution in [1.82, 2.24) is 20.1 Å². The van der Waals surface area contributed by atoms with Crippen molar-refractivity contribution < 1.29 is 18.7 Å². The third-order valence-electron chi connectivity index (χ3n) is 6.88. The van der Waals surface area contributed by atoms with E-state index < -0.39 is 17.8 Å². The SMILES string of the molecule is Cc1c(CNC(=O)OCCN(C)C)ccc2nc(N[C@@H](Cc3ccccc3)C(=O)N(C)Cc3ccccc3)oc(=O)c12. The highest BCUT2D eigenvalue weighted by molar-refractivity contribution is 5.85. The second-order valence-corrected chi connectivity index (χ2v) is 10.4. The van der Waals surface area contributed by atoms with Crippen molar-refractivity contribution in [3.05, 3.63) is 105 Å². The van der Waals surface area contributed by atoms with Crippen LogP contribution in [-0.2, 0) is 29.0 Å². The first kappa shape index (κ1) is 30.3. The minimum atomic E-state index is -0.725. The third kappa shape index (κ3) is 8.17. The van der Waals surface area contributed by atoms with E-state index in [4.69, 9.17) is 9.15 Å². The number of amides is 2. The summed E-state index contributed by atoms with van der Waals surface area (Å²) in [4.78, 5) is 46.9. The van der Waals surface area contributed by atoms with Crippen LogP contribution in [0.5, 0.6) is 0 Å². The molecule has 0 unspecified atom stereocenters. The fourth-order valence-corrected chi connectivity index (χ4v) is 4.56. The van der Waals surface area contributed by atoms with Crippen LogP contribution in [0.3, 0.4) is 0 Å². The van der Waals surface area contributed by atoms with Crippen LogP contribution in [0.25, 0.3) is 10.9 Å². The van der Waals surface area contributed by atoms with Crippen molar-refractivity contribution >= 4 is 28.9 Å². The van der Waals surface area contributed by atoms with E-state index >= 15 is 0 Å². The lowest BCUT2D eigenvalue weighted by atomic mass is 10.0. The van der Waals surface area contributed by atoms with Crippen molar-refractivity contribution in [2.75, 3.05) is 39.6 Å². The summed E-state index contributed by atoms with van der Waals surface area (Å²) in [6, 6.07) is 22.1. The van der Waals surface area contributed by atoms with E-state index in [0.717, 1.165) is 16.7 Å². The molecule has 0 aliphatic heterocycles. The molecule has 1 atom stereocenters. The zero-order chi connectivity index (χ0) is 30.1. The van der Waals surface area contributed by atoms with Gasteiger partial charge in [0.25, 0.3) is 6.01 Å². The Bertz CT molecular complexity index is 1560. The van der Waals surface area contributed by atoms with Gasteiger partial charge >= 0.3 is 11.7 Å². The monoisotopic (exact) mass is 571 g/mol. The second-order valence-electron chi connectivity index (χ2n) is 10.4. The quantitative estimate of drug-likeness (QED) is 0.262. The van der Waals surface area contributed by atoms with Crippen LogP contribution in [0, 0.1) is 6.92 Å². The number of aryl methyl sites for hydroxylation is 1. The zero-order valence-corrected chi connectivity index (χ0v) is 24.4. The number of ether oxygens (including phenoxy) is 1. The predicted molar refractivity (Wildman–Crippen MR) is 162 cm³/mol. The molecule has 42 heavy (non-hydrogen) atoms. The Morgan fingerprint density at radius 1 is 0.952 bits per heavy atom. The first-order valence-corrected chi connectivity index (χ1v) is 13.8. The summed E-state index contributed by atoms with van der Waals surface area (Å²) in [6.07, 6.45) is -0.163. The Morgan fingerprint density at radius 3 is 2.29 bits per heavy atom. The fourth-order valence-electron chi connectivity index (χ4n) is 4.56. The van der Waals surface area contributed by atoms with Crippen molar-refractivity contribution in [1.29, 1.82) is 0 Å². The number of fused-ring (bicyclic) bond motifs is 1. The number of nitrogens with zero attached hydrogens (tertiary/aromatic N) is 3. The van der Waals surface area contributed by atoms with Gasteiger partial charge in [-0.3, -0.25) is 4.79 Å². The van der Waals surface area contributed by atoms with Crippen molar-refractivity contribution in [2.45, 2.75) is 32.5 Å². The Morgan fingerprint density at radius 2 is 1.62 bits per heavy atom. The lowest BCUT2D eigenvalue weighted by Gasteiger charge is -2.25. The van der Waals surface area contributed by atoms with E-state index in [9.17, 15) is 14.4 Å². The molecule has 10 nitrogen and oxygen atoms in total. The van der Waals surface area contributed by atoms with E-state index in [1.54, 1.807) is 31.0 Å². The largest absolute Gasteiger partial charge is 0.448 e. The first-order chi connectivity index (χ1) is 20.2. The number of anilines is 1. The maximum Gasteiger partial charge on any atom is 0.407 e. The molecule has 0 aliphatic rings. The summed E-state index contributed by atoms with van der Waals surface area (Å²) >= 11 is 0. The Balaban J connectivity index is 1.53. The molecule has 220 valence electrons. The first-order valence-electron chi connectivity index (χ1n) is 13.8. The number of rotatable bonds is 12. The smallest absolute Gasteiger partial charge is 0.407 e. The van der Waals surface area contributed by atoms with Gasteiger partial charge in [-0.2, -0.15) is 4.98 Å². The molecule has 4 aromatic rings. The topological polar surface area (TPSA) is 117 Å². The summed E-state index contributed by atoms with van der Waals surface area (Å²) < 4.78 is 10.7. The summed E-state index contributed by atoms with van der Waals surface area (Å²) in [7, 11) is 5.54. The van der Waals surface area contributed by atoms with Crippen molar-refractivity contribution in [3.63, 3.8) is 0 Å². The lowest BCUT2D eigenvalue weighted by Crippen LogP contribution is -2.42. The van der Waals surface area contributed by atoms with Crippen LogP contribution >= 0.6 is 0 Å². The lowest BCUT2D eigenvalue weighted by molar-refractivity contribution is -0.131. The van der Waals surface area contributed by atoms with Crippen molar-refractivity contribution in [2.24, 2.45) is 0 Å². The number of hydrogen-bond acceptors (Lipinski definition) is 8. The molecule has 3 aromatic carbocycles. The molecule has 10 heteroatoms. The summed E-state index contributed by atoms with van der Waals surface area (Å²) in [6.45, 7) is 3.29. The standard InChI is InChI=1S/C32H37N5O5/c1-22-25(20-33-32(40)41-18-17-36(2)3)15-16-26-28(22)30(39)42-31(34-26)35-27(19-23-11-7-5-8-12-23)29(38)37(4)21-24-13-9-6-10-14-24/h5-16,27H,17-21H2,1-4H3,(H,33,40)(H,34,35)/t27-/m0/s1. The average Bonchev–Trinajstić information content (AvgIpc) is 2.96. The summed E-state index contributed by atoms with van der Waals surface area (Å²) in [5.41, 5.74) is 3.18. The maximum absolute atomic E-state index is 13.6. The van der Waals surface area contributed by atoms with Gasteiger partial charge in [0.2, 0.25) is 5.91 Å². The van der Waals surface area contributed by atoms with Crippen LogP contribution in [0.15, 0.2) is 82.0 Å². The molecule has 4 rings (SSSR count). The highest BCUT2D eigenvalue weighted by Gasteiger charge is 2.25. The molecular weight excluding hydrogens is 534 g/mol. The van der Waals surface area contributed by atoms with E-state index in [2.05, 4.69) is 15.6 Å². The molecular formula is C32H37N5O5. The van der Waals surface area contributed by atoms with Crippen LogP contribution in [0.1, 0.15) is 22.3 Å².